The molecule has 1 amide bonds. The van der Waals surface area contributed by atoms with Crippen LogP contribution in [0.2, 0.25) is 0 Å². The van der Waals surface area contributed by atoms with Gasteiger partial charge in [-0.15, -0.1) is 0 Å². The molecule has 0 aromatic heterocycles. The van der Waals surface area contributed by atoms with Crippen molar-refractivity contribution in [2.24, 2.45) is 5.92 Å². The molecule has 0 spiro atoms. The molecule has 126 valence electrons. The summed E-state index contributed by atoms with van der Waals surface area (Å²) in [4.78, 5) is 14.6. The molecule has 2 aromatic carbocycles. The molecule has 0 saturated heterocycles. The lowest BCUT2D eigenvalue weighted by Crippen LogP contribution is -2.40. The minimum absolute atomic E-state index is 0.107. The largest absolute Gasteiger partial charge is 0.325 e. The molecule has 1 fully saturated rings. The number of nitrogens with zero attached hydrogens (tertiary/aromatic N) is 1. The molecule has 0 heterocycles. The van der Waals surface area contributed by atoms with Crippen molar-refractivity contribution in [2.45, 2.75) is 32.4 Å². The Bertz CT molecular complexity index is 685. The van der Waals surface area contributed by atoms with Gasteiger partial charge in [-0.05, 0) is 49.4 Å². The summed E-state index contributed by atoms with van der Waals surface area (Å²) in [5.41, 5.74) is 1.70. The molecule has 1 saturated carbocycles. The van der Waals surface area contributed by atoms with Crippen LogP contribution in [0.1, 0.15) is 25.3 Å². The SMILES string of the molecule is C[C@@H](C1CC1)N(CC(=O)Nc1cccc(F)c1)Cc1ccccc1. The summed E-state index contributed by atoms with van der Waals surface area (Å²) in [5, 5.41) is 2.79. The van der Waals surface area contributed by atoms with Gasteiger partial charge in [-0.25, -0.2) is 4.39 Å². The molecule has 1 N–H and O–H groups in total. The van der Waals surface area contributed by atoms with Crippen molar-refractivity contribution in [2.75, 3.05) is 11.9 Å². The monoisotopic (exact) mass is 326 g/mol. The highest BCUT2D eigenvalue weighted by Crippen LogP contribution is 2.35. The van der Waals surface area contributed by atoms with Crippen LogP contribution in [0.5, 0.6) is 0 Å². The number of carbonyl (C=O) groups excluding carboxylic acids is 1. The van der Waals surface area contributed by atoms with E-state index in [0.717, 1.165) is 6.54 Å². The number of nitrogens with one attached hydrogen (secondary N) is 1. The van der Waals surface area contributed by atoms with Crippen LogP contribution in [-0.2, 0) is 11.3 Å². The Kier molecular flexibility index (Phi) is 5.26. The third kappa shape index (κ3) is 4.65. The van der Waals surface area contributed by atoms with E-state index in [1.165, 1.54) is 30.5 Å². The molecule has 0 bridgehead atoms. The van der Waals surface area contributed by atoms with E-state index in [1.807, 2.05) is 18.2 Å². The first-order valence-corrected chi connectivity index (χ1v) is 8.45. The number of halogens is 1. The Morgan fingerprint density at radius 2 is 1.96 bits per heavy atom. The first-order chi connectivity index (χ1) is 11.6. The molecule has 2 aromatic rings. The lowest BCUT2D eigenvalue weighted by atomic mass is 10.1. The summed E-state index contributed by atoms with van der Waals surface area (Å²) in [5.74, 6) is 0.222. The van der Waals surface area contributed by atoms with Gasteiger partial charge in [0.05, 0.1) is 6.54 Å². The average molecular weight is 326 g/mol. The van der Waals surface area contributed by atoms with Crippen LogP contribution in [0.4, 0.5) is 10.1 Å². The molecule has 3 nitrogen and oxygen atoms in total. The van der Waals surface area contributed by atoms with Gasteiger partial charge in [0.2, 0.25) is 5.91 Å². The molecule has 3 rings (SSSR count). The Hall–Kier alpha value is -2.20. The van der Waals surface area contributed by atoms with Gasteiger partial charge < -0.3 is 5.32 Å². The van der Waals surface area contributed by atoms with Crippen LogP contribution in [0, 0.1) is 11.7 Å². The number of hydrogen-bond donors (Lipinski definition) is 1. The zero-order chi connectivity index (χ0) is 16.9. The fourth-order valence-electron chi connectivity index (χ4n) is 2.99. The average Bonchev–Trinajstić information content (AvgIpc) is 3.39. The minimum Gasteiger partial charge on any atom is -0.325 e. The Balaban J connectivity index is 1.65. The number of rotatable bonds is 7. The maximum atomic E-state index is 13.2. The fourth-order valence-corrected chi connectivity index (χ4v) is 2.99. The summed E-state index contributed by atoms with van der Waals surface area (Å²) in [6.45, 7) is 3.24. The lowest BCUT2D eigenvalue weighted by Gasteiger charge is -2.28. The maximum absolute atomic E-state index is 13.2. The van der Waals surface area contributed by atoms with Crippen LogP contribution < -0.4 is 5.32 Å². The van der Waals surface area contributed by atoms with Gasteiger partial charge in [-0.2, -0.15) is 0 Å². The number of carbonyl (C=O) groups is 1. The van der Waals surface area contributed by atoms with Crippen LogP contribution in [0.3, 0.4) is 0 Å². The van der Waals surface area contributed by atoms with E-state index < -0.39 is 0 Å². The maximum Gasteiger partial charge on any atom is 0.238 e. The molecule has 1 aliphatic carbocycles. The molecule has 4 heteroatoms. The van der Waals surface area contributed by atoms with E-state index in [0.29, 0.717) is 24.2 Å². The number of hydrogen-bond acceptors (Lipinski definition) is 2. The van der Waals surface area contributed by atoms with E-state index in [1.54, 1.807) is 12.1 Å². The van der Waals surface area contributed by atoms with Crippen molar-refractivity contribution >= 4 is 11.6 Å². The predicted octanol–water partition coefficient (Wildman–Crippen LogP) is 4.06. The lowest BCUT2D eigenvalue weighted by molar-refractivity contribution is -0.118. The van der Waals surface area contributed by atoms with Crippen molar-refractivity contribution in [3.8, 4) is 0 Å². The second kappa shape index (κ2) is 7.58. The second-order valence-electron chi connectivity index (χ2n) is 6.53. The Morgan fingerprint density at radius 3 is 2.62 bits per heavy atom. The number of amides is 1. The molecule has 1 atom stereocenters. The number of benzene rings is 2. The van der Waals surface area contributed by atoms with Crippen LogP contribution >= 0.6 is 0 Å². The normalized spacial score (nSPS) is 15.3. The van der Waals surface area contributed by atoms with Gasteiger partial charge >= 0.3 is 0 Å². The molecule has 0 aliphatic heterocycles. The highest BCUT2D eigenvalue weighted by atomic mass is 19.1. The van der Waals surface area contributed by atoms with Gasteiger partial charge in [0.1, 0.15) is 5.82 Å². The smallest absolute Gasteiger partial charge is 0.238 e. The van der Waals surface area contributed by atoms with Gasteiger partial charge in [0.15, 0.2) is 0 Å². The second-order valence-corrected chi connectivity index (χ2v) is 6.53. The molecular weight excluding hydrogens is 303 g/mol. The zero-order valence-electron chi connectivity index (χ0n) is 13.9. The van der Waals surface area contributed by atoms with E-state index >= 15 is 0 Å². The third-order valence-corrected chi connectivity index (χ3v) is 4.56. The Labute approximate surface area is 142 Å². The van der Waals surface area contributed by atoms with Crippen molar-refractivity contribution in [1.82, 2.24) is 4.90 Å². The quantitative estimate of drug-likeness (QED) is 0.832. The van der Waals surface area contributed by atoms with Gasteiger partial charge in [0.25, 0.3) is 0 Å². The highest BCUT2D eigenvalue weighted by molar-refractivity contribution is 5.92. The van der Waals surface area contributed by atoms with Gasteiger partial charge in [-0.1, -0.05) is 36.4 Å². The van der Waals surface area contributed by atoms with Crippen LogP contribution in [-0.4, -0.2) is 23.4 Å². The summed E-state index contributed by atoms with van der Waals surface area (Å²) in [6.07, 6.45) is 2.47. The van der Waals surface area contributed by atoms with Crippen molar-refractivity contribution in [3.05, 3.63) is 66.0 Å². The van der Waals surface area contributed by atoms with E-state index in [2.05, 4.69) is 29.3 Å². The zero-order valence-corrected chi connectivity index (χ0v) is 13.9. The number of anilines is 1. The van der Waals surface area contributed by atoms with E-state index in [-0.39, 0.29) is 11.7 Å². The van der Waals surface area contributed by atoms with Gasteiger partial charge in [-0.3, -0.25) is 9.69 Å². The van der Waals surface area contributed by atoms with E-state index in [4.69, 9.17) is 0 Å². The molecule has 0 unspecified atom stereocenters. The standard InChI is InChI=1S/C20H23FN2O/c1-15(17-10-11-17)23(13-16-6-3-2-4-7-16)14-20(24)22-19-9-5-8-18(21)12-19/h2-9,12,15,17H,10-11,13-14H2,1H3,(H,22,24)/t15-/m0/s1. The first-order valence-electron chi connectivity index (χ1n) is 8.45. The first kappa shape index (κ1) is 16.7. The summed E-state index contributed by atoms with van der Waals surface area (Å²) in [7, 11) is 0. The molecule has 1 aliphatic rings. The molecular formula is C20H23FN2O. The highest BCUT2D eigenvalue weighted by Gasteiger charge is 2.32. The van der Waals surface area contributed by atoms with Crippen LogP contribution in [0.15, 0.2) is 54.6 Å². The van der Waals surface area contributed by atoms with Crippen molar-refractivity contribution in [1.29, 1.82) is 0 Å². The topological polar surface area (TPSA) is 32.3 Å². The van der Waals surface area contributed by atoms with Crippen molar-refractivity contribution in [3.63, 3.8) is 0 Å². The van der Waals surface area contributed by atoms with E-state index in [9.17, 15) is 9.18 Å². The summed E-state index contributed by atoms with van der Waals surface area (Å²) in [6, 6.07) is 16.6. The molecule has 0 radical (unpaired) electrons. The fraction of sp³-hybridized carbons (Fsp3) is 0.350. The molecule has 24 heavy (non-hydrogen) atoms. The predicted molar refractivity (Wildman–Crippen MR) is 94.1 cm³/mol. The summed E-state index contributed by atoms with van der Waals surface area (Å²) < 4.78 is 13.2. The van der Waals surface area contributed by atoms with Crippen LogP contribution in [0.25, 0.3) is 0 Å². The Morgan fingerprint density at radius 1 is 1.21 bits per heavy atom. The summed E-state index contributed by atoms with van der Waals surface area (Å²) >= 11 is 0. The van der Waals surface area contributed by atoms with Crippen molar-refractivity contribution < 1.29 is 9.18 Å². The van der Waals surface area contributed by atoms with Gasteiger partial charge in [0, 0.05) is 18.3 Å². The third-order valence-electron chi connectivity index (χ3n) is 4.56. The minimum atomic E-state index is -0.347.